The second-order valence-electron chi connectivity index (χ2n) is 18.2. The van der Waals surface area contributed by atoms with Gasteiger partial charge < -0.3 is 24.0 Å². The molecular formula is C56H49F3N6O7. The molecule has 6 aromatic carbocycles. The molecule has 2 aliphatic rings. The van der Waals surface area contributed by atoms with Gasteiger partial charge in [0.2, 0.25) is 11.6 Å². The van der Waals surface area contributed by atoms with Gasteiger partial charge >= 0.3 is 18.1 Å². The number of halogens is 3. The van der Waals surface area contributed by atoms with E-state index in [0.717, 1.165) is 63.5 Å². The smallest absolute Gasteiger partial charge is 0.417 e. The molecule has 366 valence electrons. The second kappa shape index (κ2) is 20.5. The van der Waals surface area contributed by atoms with Crippen molar-refractivity contribution in [2.45, 2.75) is 58.5 Å². The van der Waals surface area contributed by atoms with Gasteiger partial charge in [-0.05, 0) is 124 Å². The largest absolute Gasteiger partial charge is 0.481 e. The number of nitrogens with zero attached hydrogens (tertiary/aromatic N) is 6. The fourth-order valence-corrected chi connectivity index (χ4v) is 9.69. The van der Waals surface area contributed by atoms with Crippen LogP contribution in [0.25, 0.3) is 67.9 Å². The van der Waals surface area contributed by atoms with Crippen molar-refractivity contribution in [3.63, 3.8) is 0 Å². The molecule has 0 unspecified atom stereocenters. The first-order chi connectivity index (χ1) is 34.8. The summed E-state index contributed by atoms with van der Waals surface area (Å²) in [5.41, 5.74) is 10.7. The number of aryl methyl sites for hydroxylation is 1. The molecule has 2 N–H and O–H groups in total. The average molecular weight is 975 g/mol. The van der Waals surface area contributed by atoms with E-state index in [1.807, 2.05) is 84.6 Å². The molecule has 0 atom stereocenters. The number of hydrogen-bond acceptors (Lipinski definition) is 11. The topological polar surface area (TPSA) is 168 Å². The van der Waals surface area contributed by atoms with Gasteiger partial charge in [-0.25, -0.2) is 0 Å². The van der Waals surface area contributed by atoms with Crippen LogP contribution in [0, 0.1) is 6.92 Å². The van der Waals surface area contributed by atoms with E-state index in [-0.39, 0.29) is 49.0 Å². The van der Waals surface area contributed by atoms with Gasteiger partial charge in [0.1, 0.15) is 0 Å². The zero-order valence-corrected chi connectivity index (χ0v) is 39.3. The Balaban J connectivity index is 0.858. The van der Waals surface area contributed by atoms with Gasteiger partial charge in [-0.1, -0.05) is 95.2 Å². The minimum absolute atomic E-state index is 0.00348. The number of hydrogen-bond donors (Lipinski definition) is 2. The number of ether oxygens (including phenoxy) is 1. The lowest BCUT2D eigenvalue weighted by atomic mass is 9.92. The fourth-order valence-electron chi connectivity index (χ4n) is 9.69. The Morgan fingerprint density at radius 2 is 1.19 bits per heavy atom. The van der Waals surface area contributed by atoms with Crippen molar-refractivity contribution in [1.82, 2.24) is 30.1 Å². The predicted octanol–water partition coefficient (Wildman–Crippen LogP) is 10.8. The summed E-state index contributed by atoms with van der Waals surface area (Å²) in [7, 11) is 0. The second-order valence-corrected chi connectivity index (χ2v) is 18.2. The van der Waals surface area contributed by atoms with Gasteiger partial charge in [0.15, 0.2) is 0 Å². The van der Waals surface area contributed by atoms with Gasteiger partial charge in [0, 0.05) is 55.0 Å². The maximum atomic E-state index is 15.0. The Morgan fingerprint density at radius 3 is 1.83 bits per heavy atom. The molecule has 2 aliphatic heterocycles. The maximum Gasteiger partial charge on any atom is 0.417 e. The highest BCUT2D eigenvalue weighted by Gasteiger charge is 2.35. The van der Waals surface area contributed by atoms with E-state index in [2.05, 4.69) is 26.3 Å². The maximum absolute atomic E-state index is 15.0. The lowest BCUT2D eigenvalue weighted by Crippen LogP contribution is -2.34. The van der Waals surface area contributed by atoms with E-state index in [4.69, 9.17) is 18.8 Å². The van der Waals surface area contributed by atoms with Crippen molar-refractivity contribution < 1.29 is 46.8 Å². The van der Waals surface area contributed by atoms with Crippen LogP contribution in [-0.2, 0) is 59.5 Å². The first kappa shape index (κ1) is 47.9. The lowest BCUT2D eigenvalue weighted by Gasteiger charge is -2.28. The molecule has 0 fully saturated rings. The zero-order chi connectivity index (χ0) is 49.9. The quantitative estimate of drug-likeness (QED) is 0.0879. The summed E-state index contributed by atoms with van der Waals surface area (Å²) >= 11 is 0. The standard InChI is InChI=1S/C56H49F3N6O7/c1-34-6-2-4-8-45(34)47-16-14-40(54-60-52(62-71-54)38-12-10-35-18-22-64(24-20-50(66)67)30-42(35)26-38)28-44(47)33-70-25-21-37-7-3-5-9-46(37)48-17-15-41(29-49(48)56(57,58)59)55-61-53(63-72-55)39-13-11-36-19-23-65(32-51(68)69)31-43(36)27-39/h2-17,26-29H,18-25,30-33H2,1H3,(H,66,67)(H,68,69). The minimum Gasteiger partial charge on any atom is -0.481 e. The third-order valence-corrected chi connectivity index (χ3v) is 13.4. The summed E-state index contributed by atoms with van der Waals surface area (Å²) in [4.78, 5) is 35.7. The highest BCUT2D eigenvalue weighted by atomic mass is 19.4. The molecule has 8 aromatic rings. The lowest BCUT2D eigenvalue weighted by molar-refractivity contribution is -0.139. The number of carboxylic acids is 2. The fraction of sp³-hybridized carbons (Fsp3) is 0.250. The number of aliphatic carboxylic acids is 2. The molecule has 10 rings (SSSR count). The van der Waals surface area contributed by atoms with Crippen molar-refractivity contribution in [3.05, 3.63) is 166 Å². The highest BCUT2D eigenvalue weighted by Crippen LogP contribution is 2.41. The Labute approximate surface area is 412 Å². The summed E-state index contributed by atoms with van der Waals surface area (Å²) in [6, 6.07) is 36.7. The van der Waals surface area contributed by atoms with E-state index in [1.54, 1.807) is 30.3 Å². The predicted molar refractivity (Wildman–Crippen MR) is 262 cm³/mol. The van der Waals surface area contributed by atoms with Crippen LogP contribution in [0.2, 0.25) is 0 Å². The van der Waals surface area contributed by atoms with Crippen LogP contribution in [0.5, 0.6) is 0 Å². The minimum atomic E-state index is -4.72. The summed E-state index contributed by atoms with van der Waals surface area (Å²) < 4.78 is 62.7. The first-order valence-electron chi connectivity index (χ1n) is 23.7. The molecule has 13 nitrogen and oxygen atoms in total. The zero-order valence-electron chi connectivity index (χ0n) is 39.3. The van der Waals surface area contributed by atoms with Crippen LogP contribution in [0.1, 0.15) is 50.9 Å². The Hall–Kier alpha value is -7.79. The SMILES string of the molecule is Cc1ccccc1-c1ccc(-c2nc(-c3ccc4c(c3)CN(CCC(=O)O)CC4)no2)cc1COCCc1ccccc1-c1ccc(-c2nc(-c3ccc4c(c3)CN(CC(=O)O)CC4)no2)cc1C(F)(F)F. The molecular weight excluding hydrogens is 926 g/mol. The van der Waals surface area contributed by atoms with Crippen molar-refractivity contribution in [2.24, 2.45) is 0 Å². The summed E-state index contributed by atoms with van der Waals surface area (Å²) in [5, 5.41) is 26.9. The van der Waals surface area contributed by atoms with Crippen molar-refractivity contribution in [3.8, 4) is 67.9 Å². The van der Waals surface area contributed by atoms with Gasteiger partial charge in [0.25, 0.3) is 11.8 Å². The first-order valence-corrected chi connectivity index (χ1v) is 23.7. The molecule has 0 saturated carbocycles. The molecule has 2 aromatic heterocycles. The molecule has 16 heteroatoms. The number of alkyl halides is 3. The van der Waals surface area contributed by atoms with E-state index in [0.29, 0.717) is 73.0 Å². The summed E-state index contributed by atoms with van der Waals surface area (Å²) in [5.74, 6) is -0.835. The van der Waals surface area contributed by atoms with Crippen LogP contribution in [0.3, 0.4) is 0 Å². The number of carboxylic acid groups (broad SMARTS) is 2. The molecule has 72 heavy (non-hydrogen) atoms. The molecule has 0 bridgehead atoms. The highest BCUT2D eigenvalue weighted by molar-refractivity contribution is 5.76. The van der Waals surface area contributed by atoms with Crippen LogP contribution < -0.4 is 0 Å². The third kappa shape index (κ3) is 10.6. The van der Waals surface area contributed by atoms with Gasteiger partial charge in [-0.15, -0.1) is 0 Å². The van der Waals surface area contributed by atoms with Gasteiger partial charge in [0.05, 0.1) is 31.7 Å². The number of carbonyl (C=O) groups is 2. The number of fused-ring (bicyclic) bond motifs is 2. The Kier molecular flexibility index (Phi) is 13.6. The number of aromatic nitrogens is 4. The van der Waals surface area contributed by atoms with Crippen LogP contribution in [0.15, 0.2) is 130 Å². The van der Waals surface area contributed by atoms with Crippen LogP contribution >= 0.6 is 0 Å². The third-order valence-electron chi connectivity index (χ3n) is 13.4. The van der Waals surface area contributed by atoms with Crippen LogP contribution in [-0.4, -0.2) is 85.0 Å². The molecule has 0 radical (unpaired) electrons. The molecule has 0 spiro atoms. The Bertz CT molecular complexity index is 3310. The van der Waals surface area contributed by atoms with E-state index < -0.39 is 23.7 Å². The molecule has 0 saturated heterocycles. The van der Waals surface area contributed by atoms with Crippen molar-refractivity contribution in [2.75, 3.05) is 32.8 Å². The van der Waals surface area contributed by atoms with Gasteiger partial charge in [-0.2, -0.15) is 23.1 Å². The molecule has 4 heterocycles. The van der Waals surface area contributed by atoms with Crippen LogP contribution in [0.4, 0.5) is 13.2 Å². The van der Waals surface area contributed by atoms with Crippen molar-refractivity contribution in [1.29, 1.82) is 0 Å². The number of rotatable bonds is 16. The summed E-state index contributed by atoms with van der Waals surface area (Å²) in [6.45, 7) is 5.33. The monoisotopic (exact) mass is 974 g/mol. The van der Waals surface area contributed by atoms with E-state index in [9.17, 15) is 19.8 Å². The van der Waals surface area contributed by atoms with Gasteiger partial charge in [-0.3, -0.25) is 19.4 Å². The van der Waals surface area contributed by atoms with Crippen molar-refractivity contribution >= 4 is 11.9 Å². The average Bonchev–Trinajstić information content (AvgIpc) is 4.08. The number of benzene rings is 6. The van der Waals surface area contributed by atoms with E-state index in [1.165, 1.54) is 11.6 Å². The molecule has 0 aliphatic carbocycles. The Morgan fingerprint density at radius 1 is 0.625 bits per heavy atom. The normalized spacial score (nSPS) is 14.0. The van der Waals surface area contributed by atoms with E-state index >= 15 is 13.2 Å². The summed E-state index contributed by atoms with van der Waals surface area (Å²) in [6.07, 6.45) is -2.79. The molecule has 0 amide bonds.